The minimum Gasteiger partial charge on any atom is -0.465 e. The average Bonchev–Trinajstić information content (AvgIpc) is 1.86. The molecule has 0 atom stereocenters. The van der Waals surface area contributed by atoms with E-state index in [0.29, 0.717) is 0 Å². The molecule has 0 aromatic heterocycles. The molecule has 0 spiro atoms. The van der Waals surface area contributed by atoms with E-state index in [0.717, 1.165) is 7.11 Å². The SMILES string of the molecule is CCC(F)(F)C(=O)OC.Cl. The van der Waals surface area contributed by atoms with Crippen LogP contribution >= 0.6 is 12.4 Å². The van der Waals surface area contributed by atoms with Crippen molar-refractivity contribution in [3.05, 3.63) is 0 Å². The minimum absolute atomic E-state index is 0. The van der Waals surface area contributed by atoms with Crippen LogP contribution in [0, 0.1) is 0 Å². The topological polar surface area (TPSA) is 26.3 Å². The molecule has 0 amide bonds. The van der Waals surface area contributed by atoms with Crippen LogP contribution in [-0.2, 0) is 9.53 Å². The fraction of sp³-hybridized carbons (Fsp3) is 0.800. The van der Waals surface area contributed by atoms with Crippen molar-refractivity contribution in [2.24, 2.45) is 0 Å². The van der Waals surface area contributed by atoms with Crippen molar-refractivity contribution in [2.75, 3.05) is 7.11 Å². The third-order valence-corrected chi connectivity index (χ3v) is 0.928. The zero-order valence-electron chi connectivity index (χ0n) is 5.69. The van der Waals surface area contributed by atoms with Gasteiger partial charge in [0.05, 0.1) is 7.11 Å². The van der Waals surface area contributed by atoms with Gasteiger partial charge in [0.25, 0.3) is 0 Å². The average molecular weight is 175 g/mol. The Balaban J connectivity index is 0. The Morgan fingerprint density at radius 2 is 2.00 bits per heavy atom. The van der Waals surface area contributed by atoms with Gasteiger partial charge in [-0.25, -0.2) is 4.79 Å². The summed E-state index contributed by atoms with van der Waals surface area (Å²) in [5.41, 5.74) is 0. The summed E-state index contributed by atoms with van der Waals surface area (Å²) in [6.07, 6.45) is -0.514. The van der Waals surface area contributed by atoms with Crippen molar-refractivity contribution in [1.82, 2.24) is 0 Å². The van der Waals surface area contributed by atoms with E-state index in [1.165, 1.54) is 6.92 Å². The van der Waals surface area contributed by atoms with E-state index in [9.17, 15) is 13.6 Å². The van der Waals surface area contributed by atoms with Crippen molar-refractivity contribution in [1.29, 1.82) is 0 Å². The predicted octanol–water partition coefficient (Wildman–Crippen LogP) is 1.63. The quantitative estimate of drug-likeness (QED) is 0.595. The summed E-state index contributed by atoms with van der Waals surface area (Å²) < 4.78 is 28.0. The molecular weight excluding hydrogens is 166 g/mol. The van der Waals surface area contributed by atoms with Crippen molar-refractivity contribution in [3.8, 4) is 0 Å². The maximum absolute atomic E-state index is 12.1. The van der Waals surface area contributed by atoms with E-state index in [1.54, 1.807) is 0 Å². The Kier molecular flexibility index (Phi) is 5.46. The molecule has 0 heterocycles. The van der Waals surface area contributed by atoms with E-state index in [4.69, 9.17) is 0 Å². The third-order valence-electron chi connectivity index (χ3n) is 0.928. The molecule has 0 saturated heterocycles. The summed E-state index contributed by atoms with van der Waals surface area (Å²) in [5.74, 6) is -4.78. The first-order valence-corrected chi connectivity index (χ1v) is 2.51. The normalized spacial score (nSPS) is 10.0. The molecule has 0 N–H and O–H groups in total. The van der Waals surface area contributed by atoms with Gasteiger partial charge in [-0.05, 0) is 0 Å². The van der Waals surface area contributed by atoms with Gasteiger partial charge in [0.1, 0.15) is 0 Å². The molecule has 0 aliphatic heterocycles. The molecular formula is C5H9ClF2O2. The Bertz CT molecular complexity index is 116. The Morgan fingerprint density at radius 3 is 2.10 bits per heavy atom. The second-order valence-electron chi connectivity index (χ2n) is 1.55. The van der Waals surface area contributed by atoms with E-state index in [1.807, 2.05) is 0 Å². The number of carbonyl (C=O) groups is 1. The van der Waals surface area contributed by atoms with Crippen LogP contribution in [0.3, 0.4) is 0 Å². The number of esters is 1. The number of ether oxygens (including phenoxy) is 1. The van der Waals surface area contributed by atoms with Crippen molar-refractivity contribution < 1.29 is 18.3 Å². The number of alkyl halides is 2. The molecule has 0 aromatic carbocycles. The molecule has 0 unspecified atom stereocenters. The Labute approximate surface area is 64.0 Å². The Morgan fingerprint density at radius 1 is 1.60 bits per heavy atom. The molecule has 0 bridgehead atoms. The summed E-state index contributed by atoms with van der Waals surface area (Å²) in [6, 6.07) is 0. The lowest BCUT2D eigenvalue weighted by Gasteiger charge is -2.09. The lowest BCUT2D eigenvalue weighted by molar-refractivity contribution is -0.168. The van der Waals surface area contributed by atoms with Crippen LogP contribution in [-0.4, -0.2) is 19.0 Å². The summed E-state index contributed by atoms with van der Waals surface area (Å²) in [6.45, 7) is 1.22. The lowest BCUT2D eigenvalue weighted by Crippen LogP contribution is -2.28. The smallest absolute Gasteiger partial charge is 0.376 e. The molecule has 0 aromatic rings. The van der Waals surface area contributed by atoms with Crippen molar-refractivity contribution in [3.63, 3.8) is 0 Å². The van der Waals surface area contributed by atoms with Crippen LogP contribution in [0.25, 0.3) is 0 Å². The van der Waals surface area contributed by atoms with E-state index in [2.05, 4.69) is 4.74 Å². The highest BCUT2D eigenvalue weighted by Gasteiger charge is 2.37. The van der Waals surface area contributed by atoms with E-state index >= 15 is 0 Å². The van der Waals surface area contributed by atoms with Gasteiger partial charge in [-0.2, -0.15) is 8.78 Å². The molecule has 62 valence electrons. The van der Waals surface area contributed by atoms with Gasteiger partial charge in [-0.1, -0.05) is 6.92 Å². The van der Waals surface area contributed by atoms with Crippen LogP contribution in [0.15, 0.2) is 0 Å². The summed E-state index contributed by atoms with van der Waals surface area (Å²) in [7, 11) is 0.936. The van der Waals surface area contributed by atoms with Crippen LogP contribution in [0.5, 0.6) is 0 Å². The van der Waals surface area contributed by atoms with Crippen LogP contribution < -0.4 is 0 Å². The van der Waals surface area contributed by atoms with E-state index in [-0.39, 0.29) is 12.4 Å². The van der Waals surface area contributed by atoms with Crippen LogP contribution in [0.4, 0.5) is 8.78 Å². The zero-order chi connectivity index (χ0) is 7.49. The number of rotatable bonds is 2. The van der Waals surface area contributed by atoms with Gasteiger partial charge in [-0.15, -0.1) is 12.4 Å². The molecule has 2 nitrogen and oxygen atoms in total. The second-order valence-corrected chi connectivity index (χ2v) is 1.55. The molecule has 0 rings (SSSR count). The molecule has 0 aliphatic rings. The van der Waals surface area contributed by atoms with Crippen LogP contribution in [0.1, 0.15) is 13.3 Å². The van der Waals surface area contributed by atoms with Gasteiger partial charge < -0.3 is 4.74 Å². The predicted molar refractivity (Wildman–Crippen MR) is 34.5 cm³/mol. The number of methoxy groups -OCH3 is 1. The van der Waals surface area contributed by atoms with Crippen molar-refractivity contribution in [2.45, 2.75) is 19.3 Å². The highest BCUT2D eigenvalue weighted by Crippen LogP contribution is 2.18. The molecule has 5 heteroatoms. The highest BCUT2D eigenvalue weighted by molar-refractivity contribution is 5.85. The third kappa shape index (κ3) is 2.96. The first-order chi connectivity index (χ1) is 4.04. The van der Waals surface area contributed by atoms with Crippen molar-refractivity contribution >= 4 is 18.4 Å². The summed E-state index contributed by atoms with van der Waals surface area (Å²) in [5, 5.41) is 0. The largest absolute Gasteiger partial charge is 0.465 e. The maximum atomic E-state index is 12.1. The molecule has 0 aliphatic carbocycles. The first kappa shape index (κ1) is 12.3. The van der Waals surface area contributed by atoms with Gasteiger partial charge in [-0.3, -0.25) is 0 Å². The fourth-order valence-electron chi connectivity index (χ4n) is 0.294. The highest BCUT2D eigenvalue weighted by atomic mass is 35.5. The number of halogens is 3. The van der Waals surface area contributed by atoms with Gasteiger partial charge in [0.2, 0.25) is 0 Å². The standard InChI is InChI=1S/C5H8F2O2.ClH/c1-3-5(6,7)4(8)9-2;/h3H2,1-2H3;1H. The number of carbonyl (C=O) groups excluding carboxylic acids is 1. The summed E-state index contributed by atoms with van der Waals surface area (Å²) >= 11 is 0. The Hall–Kier alpha value is -0.380. The van der Waals surface area contributed by atoms with E-state index < -0.39 is 18.3 Å². The molecule has 10 heavy (non-hydrogen) atoms. The van der Waals surface area contributed by atoms with Gasteiger partial charge in [0.15, 0.2) is 0 Å². The summed E-state index contributed by atoms with van der Waals surface area (Å²) in [4.78, 5) is 10.1. The zero-order valence-corrected chi connectivity index (χ0v) is 6.50. The van der Waals surface area contributed by atoms with Gasteiger partial charge >= 0.3 is 11.9 Å². The molecule has 0 fully saturated rings. The lowest BCUT2D eigenvalue weighted by atomic mass is 10.3. The molecule has 0 saturated carbocycles. The monoisotopic (exact) mass is 174 g/mol. The minimum atomic E-state index is -3.31. The molecule has 0 radical (unpaired) electrons. The number of hydrogen-bond acceptors (Lipinski definition) is 2. The van der Waals surface area contributed by atoms with Crippen LogP contribution in [0.2, 0.25) is 0 Å². The van der Waals surface area contributed by atoms with Gasteiger partial charge in [0, 0.05) is 6.42 Å². The fourth-order valence-corrected chi connectivity index (χ4v) is 0.294. The first-order valence-electron chi connectivity index (χ1n) is 2.51. The maximum Gasteiger partial charge on any atom is 0.376 e. The second kappa shape index (κ2) is 4.44. The number of hydrogen-bond donors (Lipinski definition) is 0.